The van der Waals surface area contributed by atoms with Gasteiger partial charge in [-0.25, -0.2) is 0 Å². The summed E-state index contributed by atoms with van der Waals surface area (Å²) >= 11 is 0. The first-order valence-corrected chi connectivity index (χ1v) is 4.12. The van der Waals surface area contributed by atoms with Crippen LogP contribution in [-0.2, 0) is 17.4 Å². The Morgan fingerprint density at radius 2 is 2.07 bits per heavy atom. The molecular formula is C11H7F3O. The average Bonchev–Trinajstić information content (AvgIpc) is 2.17. The van der Waals surface area contributed by atoms with Gasteiger partial charge in [0, 0.05) is 6.42 Å². The second kappa shape index (κ2) is 4.65. The fourth-order valence-corrected chi connectivity index (χ4v) is 1.05. The summed E-state index contributed by atoms with van der Waals surface area (Å²) in [5, 5.41) is 0. The van der Waals surface area contributed by atoms with Crippen molar-refractivity contribution in [3.05, 3.63) is 35.4 Å². The molecule has 0 unspecified atom stereocenters. The number of carbonyl (C=O) groups excluding carboxylic acids is 1. The van der Waals surface area contributed by atoms with E-state index in [9.17, 15) is 18.0 Å². The number of hydrogen-bond donors (Lipinski definition) is 0. The van der Waals surface area contributed by atoms with Crippen LogP contribution >= 0.6 is 0 Å². The molecule has 1 nitrogen and oxygen atoms in total. The van der Waals surface area contributed by atoms with Crippen LogP contribution in [0.25, 0.3) is 0 Å². The largest absolute Gasteiger partial charge is 0.416 e. The van der Waals surface area contributed by atoms with Crippen molar-refractivity contribution >= 4 is 6.29 Å². The van der Waals surface area contributed by atoms with E-state index in [1.54, 1.807) is 0 Å². The lowest BCUT2D eigenvalue weighted by Crippen LogP contribution is -2.04. The van der Waals surface area contributed by atoms with Gasteiger partial charge in [0.1, 0.15) is 0 Å². The topological polar surface area (TPSA) is 17.1 Å². The Morgan fingerprint density at radius 3 is 2.67 bits per heavy atom. The van der Waals surface area contributed by atoms with Crippen molar-refractivity contribution in [2.75, 3.05) is 0 Å². The zero-order valence-electron chi connectivity index (χ0n) is 7.64. The van der Waals surface area contributed by atoms with Crippen molar-refractivity contribution in [1.29, 1.82) is 0 Å². The molecule has 0 bridgehead atoms. The molecular weight excluding hydrogens is 205 g/mol. The van der Waals surface area contributed by atoms with Gasteiger partial charge < -0.3 is 0 Å². The van der Waals surface area contributed by atoms with Gasteiger partial charge in [0.2, 0.25) is 0 Å². The minimum absolute atomic E-state index is 0.142. The van der Waals surface area contributed by atoms with Crippen LogP contribution in [0.4, 0.5) is 13.2 Å². The van der Waals surface area contributed by atoms with E-state index >= 15 is 0 Å². The Hall–Kier alpha value is -1.76. The number of halogens is 3. The minimum Gasteiger partial charge on any atom is -0.289 e. The van der Waals surface area contributed by atoms with Crippen LogP contribution in [0.1, 0.15) is 11.1 Å². The molecule has 4 heteroatoms. The lowest BCUT2D eigenvalue weighted by atomic mass is 10.1. The molecule has 0 fully saturated rings. The first-order chi connectivity index (χ1) is 7.04. The number of alkyl halides is 3. The summed E-state index contributed by atoms with van der Waals surface area (Å²) in [5.41, 5.74) is -0.257. The molecule has 0 aliphatic carbocycles. The van der Waals surface area contributed by atoms with Gasteiger partial charge >= 0.3 is 6.18 Å². The van der Waals surface area contributed by atoms with Gasteiger partial charge in [0.15, 0.2) is 6.29 Å². The van der Waals surface area contributed by atoms with Crippen molar-refractivity contribution in [2.45, 2.75) is 12.6 Å². The standard InChI is InChI=1S/C11H7F3O/c12-11(13,14)10-6-3-5-9(8-10)4-1-2-7-15/h3,5-8H,4H2. The van der Waals surface area contributed by atoms with Crippen molar-refractivity contribution < 1.29 is 18.0 Å². The molecule has 0 atom stereocenters. The van der Waals surface area contributed by atoms with E-state index in [0.29, 0.717) is 11.8 Å². The molecule has 0 N–H and O–H groups in total. The molecule has 0 aliphatic heterocycles. The lowest BCUT2D eigenvalue weighted by Gasteiger charge is -2.06. The summed E-state index contributed by atoms with van der Waals surface area (Å²) in [6.07, 6.45) is -3.79. The Morgan fingerprint density at radius 1 is 1.33 bits per heavy atom. The molecule has 1 aromatic carbocycles. The second-order valence-electron chi connectivity index (χ2n) is 2.81. The Kier molecular flexibility index (Phi) is 3.51. The minimum atomic E-state index is -4.34. The monoisotopic (exact) mass is 212 g/mol. The predicted molar refractivity (Wildman–Crippen MR) is 49.0 cm³/mol. The third-order valence-corrected chi connectivity index (χ3v) is 1.71. The quantitative estimate of drug-likeness (QED) is 0.516. The van der Waals surface area contributed by atoms with Crippen LogP contribution in [0.15, 0.2) is 24.3 Å². The molecule has 0 spiro atoms. The van der Waals surface area contributed by atoms with E-state index < -0.39 is 11.7 Å². The SMILES string of the molecule is O=CC#CCc1cccc(C(F)(F)F)c1. The molecule has 0 aromatic heterocycles. The molecule has 0 saturated carbocycles. The number of aldehydes is 1. The Labute approximate surface area is 84.9 Å². The van der Waals surface area contributed by atoms with Crippen LogP contribution in [0.5, 0.6) is 0 Å². The summed E-state index contributed by atoms with van der Waals surface area (Å²) in [7, 11) is 0. The van der Waals surface area contributed by atoms with Crippen molar-refractivity contribution in [3.8, 4) is 11.8 Å². The fourth-order valence-electron chi connectivity index (χ4n) is 1.05. The molecule has 0 saturated heterocycles. The van der Waals surface area contributed by atoms with Crippen LogP contribution in [0.3, 0.4) is 0 Å². The van der Waals surface area contributed by atoms with E-state index in [1.165, 1.54) is 12.1 Å². The van der Waals surface area contributed by atoms with Gasteiger partial charge in [0.05, 0.1) is 5.56 Å². The van der Waals surface area contributed by atoms with E-state index in [2.05, 4.69) is 11.8 Å². The van der Waals surface area contributed by atoms with Crippen molar-refractivity contribution in [2.24, 2.45) is 0 Å². The number of carbonyl (C=O) groups is 1. The zero-order chi connectivity index (χ0) is 11.3. The van der Waals surface area contributed by atoms with Gasteiger partial charge in [-0.3, -0.25) is 4.79 Å². The average molecular weight is 212 g/mol. The summed E-state index contributed by atoms with van der Waals surface area (Å²) in [4.78, 5) is 9.87. The summed E-state index contributed by atoms with van der Waals surface area (Å²) in [6, 6.07) is 4.88. The first kappa shape index (κ1) is 11.3. The van der Waals surface area contributed by atoms with Crippen molar-refractivity contribution in [1.82, 2.24) is 0 Å². The predicted octanol–water partition coefficient (Wildman–Crippen LogP) is 2.45. The van der Waals surface area contributed by atoms with E-state index in [1.807, 2.05) is 0 Å². The molecule has 1 aromatic rings. The zero-order valence-corrected chi connectivity index (χ0v) is 7.64. The first-order valence-electron chi connectivity index (χ1n) is 4.12. The highest BCUT2D eigenvalue weighted by molar-refractivity contribution is 5.72. The fraction of sp³-hybridized carbons (Fsp3) is 0.182. The maximum Gasteiger partial charge on any atom is 0.416 e. The molecule has 78 valence electrons. The van der Waals surface area contributed by atoms with Crippen LogP contribution in [0, 0.1) is 11.8 Å². The van der Waals surface area contributed by atoms with Crippen LogP contribution in [0.2, 0.25) is 0 Å². The molecule has 1 rings (SSSR count). The maximum atomic E-state index is 12.3. The molecule has 0 radical (unpaired) electrons. The molecule has 0 aliphatic rings. The molecule has 0 amide bonds. The van der Waals surface area contributed by atoms with Gasteiger partial charge in [-0.2, -0.15) is 13.2 Å². The smallest absolute Gasteiger partial charge is 0.289 e. The van der Waals surface area contributed by atoms with E-state index in [0.717, 1.165) is 12.1 Å². The van der Waals surface area contributed by atoms with Gasteiger partial charge in [-0.1, -0.05) is 24.1 Å². The highest BCUT2D eigenvalue weighted by Crippen LogP contribution is 2.29. The van der Waals surface area contributed by atoms with Crippen LogP contribution in [-0.4, -0.2) is 6.29 Å². The third-order valence-electron chi connectivity index (χ3n) is 1.71. The van der Waals surface area contributed by atoms with Crippen LogP contribution < -0.4 is 0 Å². The van der Waals surface area contributed by atoms with Crippen molar-refractivity contribution in [3.63, 3.8) is 0 Å². The lowest BCUT2D eigenvalue weighted by molar-refractivity contribution is -0.137. The normalized spacial score (nSPS) is 10.3. The van der Waals surface area contributed by atoms with Gasteiger partial charge in [-0.15, -0.1) is 0 Å². The van der Waals surface area contributed by atoms with Gasteiger partial charge in [0.25, 0.3) is 0 Å². The second-order valence-corrected chi connectivity index (χ2v) is 2.81. The van der Waals surface area contributed by atoms with E-state index in [4.69, 9.17) is 0 Å². The molecule has 0 heterocycles. The third kappa shape index (κ3) is 3.47. The Bertz CT molecular complexity index is 410. The van der Waals surface area contributed by atoms with E-state index in [-0.39, 0.29) is 6.42 Å². The number of rotatable bonds is 1. The maximum absolute atomic E-state index is 12.3. The highest BCUT2D eigenvalue weighted by Gasteiger charge is 2.30. The summed E-state index contributed by atoms with van der Waals surface area (Å²) < 4.78 is 36.8. The number of benzene rings is 1. The van der Waals surface area contributed by atoms with Gasteiger partial charge in [-0.05, 0) is 17.6 Å². The highest BCUT2D eigenvalue weighted by atomic mass is 19.4. The summed E-state index contributed by atoms with van der Waals surface area (Å²) in [6.45, 7) is 0. The molecule has 15 heavy (non-hydrogen) atoms. The number of hydrogen-bond acceptors (Lipinski definition) is 1. The summed E-state index contributed by atoms with van der Waals surface area (Å²) in [5.74, 6) is 4.59. The Balaban J connectivity index is 2.88.